The lowest BCUT2D eigenvalue weighted by molar-refractivity contribution is 0.102. The maximum atomic E-state index is 12.9. The van der Waals surface area contributed by atoms with E-state index in [2.05, 4.69) is 10.4 Å². The summed E-state index contributed by atoms with van der Waals surface area (Å²) in [6, 6.07) is 4.59. The summed E-state index contributed by atoms with van der Waals surface area (Å²) in [5.41, 5.74) is 0.752. The van der Waals surface area contributed by atoms with Gasteiger partial charge in [0, 0.05) is 32.0 Å². The van der Waals surface area contributed by atoms with Crippen molar-refractivity contribution in [1.29, 1.82) is 0 Å². The fraction of sp³-hybridized carbons (Fsp3) is 0.412. The van der Waals surface area contributed by atoms with Crippen molar-refractivity contribution in [3.8, 4) is 5.75 Å². The van der Waals surface area contributed by atoms with E-state index in [4.69, 9.17) is 4.74 Å². The van der Waals surface area contributed by atoms with Crippen molar-refractivity contribution in [2.75, 3.05) is 25.0 Å². The van der Waals surface area contributed by atoms with Crippen molar-refractivity contribution in [2.24, 2.45) is 7.05 Å². The van der Waals surface area contributed by atoms with Gasteiger partial charge < -0.3 is 10.1 Å². The van der Waals surface area contributed by atoms with E-state index < -0.39 is 10.0 Å². The summed E-state index contributed by atoms with van der Waals surface area (Å²) < 4.78 is 34.2. The van der Waals surface area contributed by atoms with E-state index >= 15 is 0 Å². The molecule has 2 aromatic rings. The molecule has 0 saturated heterocycles. The SMILES string of the molecule is CCOc1ccc(NC(=O)c2cnn(C)c2)cc1S(=O)(=O)N(CC)CC. The maximum Gasteiger partial charge on any atom is 0.258 e. The summed E-state index contributed by atoms with van der Waals surface area (Å²) in [5, 5.41) is 6.65. The molecular weight excluding hydrogens is 356 g/mol. The Kier molecular flexibility index (Phi) is 6.38. The normalized spacial score (nSPS) is 11.6. The minimum atomic E-state index is -3.73. The van der Waals surface area contributed by atoms with Gasteiger partial charge in [-0.2, -0.15) is 9.40 Å². The Balaban J connectivity index is 2.40. The summed E-state index contributed by atoms with van der Waals surface area (Å²) in [7, 11) is -2.02. The van der Waals surface area contributed by atoms with Crippen molar-refractivity contribution in [1.82, 2.24) is 14.1 Å². The van der Waals surface area contributed by atoms with Crippen molar-refractivity contribution < 1.29 is 17.9 Å². The van der Waals surface area contributed by atoms with Gasteiger partial charge in [0.1, 0.15) is 10.6 Å². The van der Waals surface area contributed by atoms with Crippen LogP contribution in [0.15, 0.2) is 35.5 Å². The Hall–Kier alpha value is -2.39. The lowest BCUT2D eigenvalue weighted by Gasteiger charge is -2.21. The molecule has 9 heteroatoms. The van der Waals surface area contributed by atoms with E-state index in [0.29, 0.717) is 30.9 Å². The molecule has 142 valence electrons. The van der Waals surface area contributed by atoms with Gasteiger partial charge in [0.15, 0.2) is 0 Å². The van der Waals surface area contributed by atoms with E-state index in [9.17, 15) is 13.2 Å². The number of aryl methyl sites for hydroxylation is 1. The smallest absolute Gasteiger partial charge is 0.258 e. The van der Waals surface area contributed by atoms with Gasteiger partial charge in [-0.15, -0.1) is 0 Å². The summed E-state index contributed by atoms with van der Waals surface area (Å²) in [4.78, 5) is 12.3. The molecule has 0 aliphatic rings. The van der Waals surface area contributed by atoms with Gasteiger partial charge in [-0.3, -0.25) is 9.48 Å². The van der Waals surface area contributed by atoms with Gasteiger partial charge in [-0.05, 0) is 25.1 Å². The van der Waals surface area contributed by atoms with Crippen LogP contribution in [0.4, 0.5) is 5.69 Å². The first-order valence-electron chi connectivity index (χ1n) is 8.40. The molecule has 2 rings (SSSR count). The van der Waals surface area contributed by atoms with Crippen LogP contribution >= 0.6 is 0 Å². The molecule has 0 spiro atoms. The minimum Gasteiger partial charge on any atom is -0.492 e. The number of carbonyl (C=O) groups excluding carboxylic acids is 1. The monoisotopic (exact) mass is 380 g/mol. The topological polar surface area (TPSA) is 93.5 Å². The molecule has 0 unspecified atom stereocenters. The number of nitrogens with zero attached hydrogens (tertiary/aromatic N) is 3. The molecule has 0 bridgehead atoms. The maximum absolute atomic E-state index is 12.9. The summed E-state index contributed by atoms with van der Waals surface area (Å²) in [6.07, 6.45) is 3.02. The molecule has 1 amide bonds. The Morgan fingerprint density at radius 2 is 1.96 bits per heavy atom. The van der Waals surface area contributed by atoms with Gasteiger partial charge in [-0.25, -0.2) is 8.42 Å². The number of carbonyl (C=O) groups is 1. The second-order valence-corrected chi connectivity index (χ2v) is 7.45. The van der Waals surface area contributed by atoms with Crippen molar-refractivity contribution in [3.63, 3.8) is 0 Å². The third kappa shape index (κ3) is 4.23. The first kappa shape index (κ1) is 19.9. The molecule has 26 heavy (non-hydrogen) atoms. The minimum absolute atomic E-state index is 0.0343. The van der Waals surface area contributed by atoms with Crippen LogP contribution in [-0.4, -0.2) is 48.1 Å². The van der Waals surface area contributed by atoms with Crippen LogP contribution in [0.2, 0.25) is 0 Å². The van der Waals surface area contributed by atoms with Crippen LogP contribution < -0.4 is 10.1 Å². The van der Waals surface area contributed by atoms with E-state index in [0.717, 1.165) is 0 Å². The van der Waals surface area contributed by atoms with Gasteiger partial charge >= 0.3 is 0 Å². The predicted molar refractivity (Wildman–Crippen MR) is 98.9 cm³/mol. The lowest BCUT2D eigenvalue weighted by atomic mass is 10.2. The molecule has 1 heterocycles. The average Bonchev–Trinajstić information content (AvgIpc) is 3.04. The second kappa shape index (κ2) is 8.33. The van der Waals surface area contributed by atoms with Crippen LogP contribution in [0.3, 0.4) is 0 Å². The van der Waals surface area contributed by atoms with Gasteiger partial charge in [0.2, 0.25) is 10.0 Å². The Morgan fingerprint density at radius 3 is 2.50 bits per heavy atom. The fourth-order valence-electron chi connectivity index (χ4n) is 2.51. The standard InChI is InChI=1S/C17H24N4O4S/c1-5-21(6-2)26(23,24)16-10-14(8-9-15(16)25-7-3)19-17(22)13-11-18-20(4)12-13/h8-12H,5-7H2,1-4H3,(H,19,22). The molecular formula is C17H24N4O4S. The number of hydrogen-bond donors (Lipinski definition) is 1. The van der Waals surface area contributed by atoms with E-state index in [1.807, 2.05) is 0 Å². The number of anilines is 1. The third-order valence-electron chi connectivity index (χ3n) is 3.79. The van der Waals surface area contributed by atoms with Crippen LogP contribution in [0.25, 0.3) is 0 Å². The molecule has 0 atom stereocenters. The number of amides is 1. The van der Waals surface area contributed by atoms with Gasteiger partial charge in [-0.1, -0.05) is 13.8 Å². The molecule has 0 saturated carbocycles. The number of benzene rings is 1. The molecule has 1 aromatic heterocycles. The van der Waals surface area contributed by atoms with Crippen LogP contribution in [0, 0.1) is 0 Å². The first-order chi connectivity index (χ1) is 12.3. The van der Waals surface area contributed by atoms with Crippen LogP contribution in [0.5, 0.6) is 5.75 Å². The lowest BCUT2D eigenvalue weighted by Crippen LogP contribution is -2.31. The van der Waals surface area contributed by atoms with Crippen molar-refractivity contribution in [3.05, 3.63) is 36.2 Å². The van der Waals surface area contributed by atoms with Crippen molar-refractivity contribution in [2.45, 2.75) is 25.7 Å². The van der Waals surface area contributed by atoms with Crippen LogP contribution in [-0.2, 0) is 17.1 Å². The Morgan fingerprint density at radius 1 is 1.27 bits per heavy atom. The zero-order valence-electron chi connectivity index (χ0n) is 15.4. The summed E-state index contributed by atoms with van der Waals surface area (Å²) in [5.74, 6) is -0.104. The fourth-order valence-corrected chi connectivity index (χ4v) is 4.12. The molecule has 0 fully saturated rings. The Labute approximate surface area is 153 Å². The zero-order valence-corrected chi connectivity index (χ0v) is 16.2. The molecule has 1 aromatic carbocycles. The van der Waals surface area contributed by atoms with E-state index in [1.165, 1.54) is 21.3 Å². The molecule has 0 aliphatic heterocycles. The van der Waals surface area contributed by atoms with E-state index in [-0.39, 0.29) is 16.6 Å². The molecule has 1 N–H and O–H groups in total. The number of sulfonamides is 1. The number of ether oxygens (including phenoxy) is 1. The second-order valence-electron chi connectivity index (χ2n) is 5.54. The van der Waals surface area contributed by atoms with Gasteiger partial charge in [0.05, 0.1) is 18.4 Å². The summed E-state index contributed by atoms with van der Waals surface area (Å²) in [6.45, 7) is 6.35. The van der Waals surface area contributed by atoms with Crippen molar-refractivity contribution >= 4 is 21.6 Å². The molecule has 0 radical (unpaired) electrons. The number of hydrogen-bond acceptors (Lipinski definition) is 5. The molecule has 0 aliphatic carbocycles. The zero-order chi connectivity index (χ0) is 19.3. The molecule has 8 nitrogen and oxygen atoms in total. The Bertz CT molecular complexity index is 873. The first-order valence-corrected chi connectivity index (χ1v) is 9.84. The highest BCUT2D eigenvalue weighted by atomic mass is 32.2. The van der Waals surface area contributed by atoms with Gasteiger partial charge in [0.25, 0.3) is 5.91 Å². The van der Waals surface area contributed by atoms with E-state index in [1.54, 1.807) is 46.1 Å². The number of nitrogens with one attached hydrogen (secondary N) is 1. The third-order valence-corrected chi connectivity index (χ3v) is 5.86. The average molecular weight is 380 g/mol. The highest BCUT2D eigenvalue weighted by Crippen LogP contribution is 2.30. The summed E-state index contributed by atoms with van der Waals surface area (Å²) >= 11 is 0. The highest BCUT2D eigenvalue weighted by molar-refractivity contribution is 7.89. The number of rotatable bonds is 8. The largest absolute Gasteiger partial charge is 0.492 e. The predicted octanol–water partition coefficient (Wildman–Crippen LogP) is 2.10. The van der Waals surface area contributed by atoms with Crippen LogP contribution in [0.1, 0.15) is 31.1 Å². The highest BCUT2D eigenvalue weighted by Gasteiger charge is 2.26. The quantitative estimate of drug-likeness (QED) is 0.757. The number of aromatic nitrogens is 2.